The van der Waals surface area contributed by atoms with E-state index in [9.17, 15) is 9.59 Å². The van der Waals surface area contributed by atoms with Crippen LogP contribution in [0.1, 0.15) is 12.5 Å². The summed E-state index contributed by atoms with van der Waals surface area (Å²) in [6.07, 6.45) is 0.241. The van der Waals surface area contributed by atoms with Gasteiger partial charge in [-0.15, -0.1) is 0 Å². The van der Waals surface area contributed by atoms with Gasteiger partial charge in [-0.05, 0) is 16.3 Å². The van der Waals surface area contributed by atoms with Crippen LogP contribution in [-0.4, -0.2) is 11.8 Å². The zero-order valence-corrected chi connectivity index (χ0v) is 10.1. The molecule has 2 rings (SSSR count). The number of amides is 2. The molecule has 2 N–H and O–H groups in total. The standard InChI is InChI=1S/C14H14N2O2/c1-10(17)15-16-14(18)9-11-6-7-12-4-2-3-5-13(12)8-11/h2-8H,9H2,1H3,(H,15,17)(H,16,18). The third-order valence-corrected chi connectivity index (χ3v) is 2.56. The topological polar surface area (TPSA) is 58.2 Å². The van der Waals surface area contributed by atoms with Gasteiger partial charge in [0.15, 0.2) is 0 Å². The fraction of sp³-hybridized carbons (Fsp3) is 0.143. The number of hydrazine groups is 1. The lowest BCUT2D eigenvalue weighted by atomic mass is 10.1. The smallest absolute Gasteiger partial charge is 0.242 e. The van der Waals surface area contributed by atoms with Gasteiger partial charge in [0, 0.05) is 6.92 Å². The van der Waals surface area contributed by atoms with Crippen molar-refractivity contribution in [3.63, 3.8) is 0 Å². The summed E-state index contributed by atoms with van der Waals surface area (Å²) in [4.78, 5) is 22.2. The van der Waals surface area contributed by atoms with Crippen LogP contribution in [0.25, 0.3) is 10.8 Å². The highest BCUT2D eigenvalue weighted by atomic mass is 16.2. The third-order valence-electron chi connectivity index (χ3n) is 2.56. The van der Waals surface area contributed by atoms with Crippen LogP contribution in [0.4, 0.5) is 0 Å². The molecule has 0 spiro atoms. The maximum Gasteiger partial charge on any atom is 0.242 e. The molecule has 2 aromatic rings. The molecule has 92 valence electrons. The number of benzene rings is 2. The lowest BCUT2D eigenvalue weighted by Gasteiger charge is -2.06. The molecule has 0 aromatic heterocycles. The first-order valence-corrected chi connectivity index (χ1v) is 5.68. The van der Waals surface area contributed by atoms with Crippen molar-refractivity contribution in [2.75, 3.05) is 0 Å². The fourth-order valence-electron chi connectivity index (χ4n) is 1.74. The zero-order chi connectivity index (χ0) is 13.0. The molecule has 0 saturated carbocycles. The summed E-state index contributed by atoms with van der Waals surface area (Å²) < 4.78 is 0. The van der Waals surface area contributed by atoms with Crippen LogP contribution in [0.5, 0.6) is 0 Å². The van der Waals surface area contributed by atoms with Gasteiger partial charge in [-0.2, -0.15) is 0 Å². The number of fused-ring (bicyclic) bond motifs is 1. The van der Waals surface area contributed by atoms with Crippen LogP contribution in [0.2, 0.25) is 0 Å². The predicted octanol–water partition coefficient (Wildman–Crippen LogP) is 1.55. The monoisotopic (exact) mass is 242 g/mol. The molecule has 0 unspecified atom stereocenters. The maximum absolute atomic E-state index is 11.5. The summed E-state index contributed by atoms with van der Waals surface area (Å²) in [5.41, 5.74) is 5.52. The molecule has 2 amide bonds. The molecule has 0 aliphatic rings. The van der Waals surface area contributed by atoms with E-state index in [4.69, 9.17) is 0 Å². The van der Waals surface area contributed by atoms with E-state index in [2.05, 4.69) is 10.9 Å². The average molecular weight is 242 g/mol. The molecule has 0 heterocycles. The van der Waals surface area contributed by atoms with Crippen LogP contribution in [0.3, 0.4) is 0 Å². The van der Waals surface area contributed by atoms with Gasteiger partial charge in [-0.3, -0.25) is 20.4 Å². The molecule has 0 aliphatic heterocycles. The van der Waals surface area contributed by atoms with Crippen LogP contribution in [0, 0.1) is 0 Å². The number of hydrogen-bond donors (Lipinski definition) is 2. The van der Waals surface area contributed by atoms with Crippen molar-refractivity contribution in [1.29, 1.82) is 0 Å². The summed E-state index contributed by atoms with van der Waals surface area (Å²) >= 11 is 0. The van der Waals surface area contributed by atoms with Crippen LogP contribution < -0.4 is 10.9 Å². The Labute approximate surface area is 105 Å². The Morgan fingerprint density at radius 2 is 1.72 bits per heavy atom. The molecular formula is C14H14N2O2. The predicted molar refractivity (Wildman–Crippen MR) is 69.6 cm³/mol. The highest BCUT2D eigenvalue weighted by Gasteiger charge is 2.04. The Morgan fingerprint density at radius 3 is 2.44 bits per heavy atom. The Balaban J connectivity index is 2.07. The number of hydrogen-bond acceptors (Lipinski definition) is 2. The van der Waals surface area contributed by atoms with Gasteiger partial charge in [-0.25, -0.2) is 0 Å². The molecule has 0 saturated heterocycles. The van der Waals surface area contributed by atoms with E-state index in [-0.39, 0.29) is 18.2 Å². The first kappa shape index (κ1) is 12.1. The SMILES string of the molecule is CC(=O)NNC(=O)Cc1ccc2ccccc2c1. The van der Waals surface area contributed by atoms with Crippen molar-refractivity contribution in [3.05, 3.63) is 48.0 Å². The van der Waals surface area contributed by atoms with E-state index in [1.807, 2.05) is 42.5 Å². The third kappa shape index (κ3) is 3.07. The minimum atomic E-state index is -0.290. The van der Waals surface area contributed by atoms with E-state index < -0.39 is 0 Å². The van der Waals surface area contributed by atoms with Gasteiger partial charge in [0.2, 0.25) is 11.8 Å². The van der Waals surface area contributed by atoms with Gasteiger partial charge >= 0.3 is 0 Å². The second-order valence-electron chi connectivity index (χ2n) is 4.09. The summed E-state index contributed by atoms with van der Waals surface area (Å²) in [5.74, 6) is -0.526. The average Bonchev–Trinajstić information content (AvgIpc) is 2.36. The minimum absolute atomic E-state index is 0.236. The van der Waals surface area contributed by atoms with Gasteiger partial charge < -0.3 is 0 Å². The van der Waals surface area contributed by atoms with Gasteiger partial charge in [0.1, 0.15) is 0 Å². The highest BCUT2D eigenvalue weighted by molar-refractivity contribution is 5.86. The van der Waals surface area contributed by atoms with E-state index in [0.29, 0.717) is 0 Å². The Hall–Kier alpha value is -2.36. The zero-order valence-electron chi connectivity index (χ0n) is 10.1. The quantitative estimate of drug-likeness (QED) is 0.785. The number of carbonyl (C=O) groups excluding carboxylic acids is 2. The molecule has 0 fully saturated rings. The van der Waals surface area contributed by atoms with Crippen molar-refractivity contribution in [2.45, 2.75) is 13.3 Å². The Bertz CT molecular complexity index is 593. The van der Waals surface area contributed by atoms with Crippen LogP contribution in [-0.2, 0) is 16.0 Å². The molecular weight excluding hydrogens is 228 g/mol. The van der Waals surface area contributed by atoms with Crippen LogP contribution >= 0.6 is 0 Å². The largest absolute Gasteiger partial charge is 0.274 e. The highest BCUT2D eigenvalue weighted by Crippen LogP contribution is 2.15. The summed E-state index contributed by atoms with van der Waals surface area (Å²) in [6, 6.07) is 13.8. The van der Waals surface area contributed by atoms with Gasteiger partial charge in [0.05, 0.1) is 6.42 Å². The molecule has 0 radical (unpaired) electrons. The lowest BCUT2D eigenvalue weighted by Crippen LogP contribution is -2.41. The molecule has 2 aromatic carbocycles. The second-order valence-corrected chi connectivity index (χ2v) is 4.09. The Morgan fingerprint density at radius 1 is 1.00 bits per heavy atom. The molecule has 4 heteroatoms. The van der Waals surface area contributed by atoms with Crippen molar-refractivity contribution in [2.24, 2.45) is 0 Å². The van der Waals surface area contributed by atoms with Crippen molar-refractivity contribution in [3.8, 4) is 0 Å². The fourth-order valence-corrected chi connectivity index (χ4v) is 1.74. The van der Waals surface area contributed by atoms with Crippen molar-refractivity contribution >= 4 is 22.6 Å². The van der Waals surface area contributed by atoms with Gasteiger partial charge in [0.25, 0.3) is 0 Å². The number of rotatable bonds is 2. The summed E-state index contributed by atoms with van der Waals surface area (Å²) in [5, 5.41) is 2.24. The second kappa shape index (κ2) is 5.31. The minimum Gasteiger partial charge on any atom is -0.274 e. The van der Waals surface area contributed by atoms with Crippen molar-refractivity contribution in [1.82, 2.24) is 10.9 Å². The summed E-state index contributed by atoms with van der Waals surface area (Å²) in [6.45, 7) is 1.34. The van der Waals surface area contributed by atoms with E-state index in [1.165, 1.54) is 6.92 Å². The molecule has 0 atom stereocenters. The van der Waals surface area contributed by atoms with E-state index in [1.54, 1.807) is 0 Å². The van der Waals surface area contributed by atoms with Crippen molar-refractivity contribution < 1.29 is 9.59 Å². The molecule has 18 heavy (non-hydrogen) atoms. The summed E-state index contributed by atoms with van der Waals surface area (Å²) in [7, 11) is 0. The molecule has 4 nitrogen and oxygen atoms in total. The number of carbonyl (C=O) groups is 2. The van der Waals surface area contributed by atoms with E-state index in [0.717, 1.165) is 16.3 Å². The Kier molecular flexibility index (Phi) is 3.57. The normalized spacial score (nSPS) is 10.1. The first-order valence-electron chi connectivity index (χ1n) is 5.68. The molecule has 0 bridgehead atoms. The van der Waals surface area contributed by atoms with Crippen LogP contribution in [0.15, 0.2) is 42.5 Å². The first-order chi connectivity index (χ1) is 8.65. The molecule has 0 aliphatic carbocycles. The lowest BCUT2D eigenvalue weighted by molar-refractivity contribution is -0.127. The van der Waals surface area contributed by atoms with E-state index >= 15 is 0 Å². The van der Waals surface area contributed by atoms with Gasteiger partial charge in [-0.1, -0.05) is 42.5 Å². The maximum atomic E-state index is 11.5. The number of nitrogens with one attached hydrogen (secondary N) is 2.